The molecule has 2 heterocycles. The lowest BCUT2D eigenvalue weighted by Gasteiger charge is -2.08. The summed E-state index contributed by atoms with van der Waals surface area (Å²) in [7, 11) is 0. The predicted octanol–water partition coefficient (Wildman–Crippen LogP) is 2.48. The zero-order chi connectivity index (χ0) is 20.3. The van der Waals surface area contributed by atoms with Crippen LogP contribution in [0.25, 0.3) is 0 Å². The lowest BCUT2D eigenvalue weighted by Crippen LogP contribution is -2.15. The van der Waals surface area contributed by atoms with Crippen LogP contribution in [-0.4, -0.2) is 36.5 Å². The van der Waals surface area contributed by atoms with Crippen LogP contribution < -0.4 is 5.32 Å². The molecule has 146 valence electrons. The molecule has 28 heavy (non-hydrogen) atoms. The number of amides is 1. The topological polar surface area (TPSA) is 102 Å². The first kappa shape index (κ1) is 19.1. The summed E-state index contributed by atoms with van der Waals surface area (Å²) in [5.74, 6) is -1.50. The first-order valence-electron chi connectivity index (χ1n) is 7.97. The number of alkyl halides is 3. The minimum Gasteiger partial charge on any atom is -0.480 e. The van der Waals surface area contributed by atoms with Crippen molar-refractivity contribution < 1.29 is 27.9 Å². The standard InChI is InChI=1S/C17H14F3N5O3/c18-17(19,20)12-3-1-2-11(8-12)9-24-7-5-14(23-24)21-16(28)13-4-6-25(22-13)10-15(26)27/h1-8H,9-10H2,(H,26,27)(H,21,23,28). The molecule has 11 heteroatoms. The van der Waals surface area contributed by atoms with Gasteiger partial charge in [0, 0.05) is 18.5 Å². The Balaban J connectivity index is 1.65. The van der Waals surface area contributed by atoms with Crippen molar-refractivity contribution in [1.82, 2.24) is 19.6 Å². The van der Waals surface area contributed by atoms with Crippen molar-refractivity contribution in [3.63, 3.8) is 0 Å². The van der Waals surface area contributed by atoms with Crippen molar-refractivity contribution in [2.75, 3.05) is 5.32 Å². The average molecular weight is 393 g/mol. The van der Waals surface area contributed by atoms with Crippen LogP contribution in [0.15, 0.2) is 48.8 Å². The van der Waals surface area contributed by atoms with E-state index in [1.807, 2.05) is 0 Å². The van der Waals surface area contributed by atoms with E-state index in [0.29, 0.717) is 5.56 Å². The molecule has 1 aromatic carbocycles. The molecule has 0 saturated heterocycles. The molecule has 0 aliphatic rings. The van der Waals surface area contributed by atoms with Gasteiger partial charge in [-0.2, -0.15) is 23.4 Å². The van der Waals surface area contributed by atoms with Crippen molar-refractivity contribution in [2.24, 2.45) is 0 Å². The Bertz CT molecular complexity index is 1010. The fraction of sp³-hybridized carbons (Fsp3) is 0.176. The van der Waals surface area contributed by atoms with E-state index in [0.717, 1.165) is 16.8 Å². The normalized spacial score (nSPS) is 11.4. The van der Waals surface area contributed by atoms with Gasteiger partial charge in [0.1, 0.15) is 6.54 Å². The number of aliphatic carboxylic acids is 1. The van der Waals surface area contributed by atoms with Gasteiger partial charge in [-0.15, -0.1) is 0 Å². The highest BCUT2D eigenvalue weighted by molar-refractivity contribution is 6.02. The Morgan fingerprint density at radius 1 is 1.07 bits per heavy atom. The fourth-order valence-corrected chi connectivity index (χ4v) is 2.44. The minimum atomic E-state index is -4.43. The third-order valence-corrected chi connectivity index (χ3v) is 3.65. The van der Waals surface area contributed by atoms with Crippen LogP contribution in [0.3, 0.4) is 0 Å². The van der Waals surface area contributed by atoms with Gasteiger partial charge in [-0.1, -0.05) is 12.1 Å². The van der Waals surface area contributed by atoms with E-state index in [1.54, 1.807) is 6.07 Å². The van der Waals surface area contributed by atoms with Gasteiger partial charge >= 0.3 is 12.1 Å². The van der Waals surface area contributed by atoms with Crippen LogP contribution in [0.2, 0.25) is 0 Å². The molecule has 2 N–H and O–H groups in total. The van der Waals surface area contributed by atoms with Crippen molar-refractivity contribution in [3.8, 4) is 0 Å². The highest BCUT2D eigenvalue weighted by Gasteiger charge is 2.30. The van der Waals surface area contributed by atoms with Gasteiger partial charge in [0.05, 0.1) is 12.1 Å². The molecule has 1 amide bonds. The smallest absolute Gasteiger partial charge is 0.416 e. The lowest BCUT2D eigenvalue weighted by molar-refractivity contribution is -0.138. The van der Waals surface area contributed by atoms with Crippen molar-refractivity contribution >= 4 is 17.7 Å². The third kappa shape index (κ3) is 4.75. The minimum absolute atomic E-state index is 0.00804. The average Bonchev–Trinajstić information content (AvgIpc) is 3.23. The predicted molar refractivity (Wildman–Crippen MR) is 90.6 cm³/mol. The van der Waals surface area contributed by atoms with Crippen LogP contribution in [-0.2, 0) is 24.1 Å². The van der Waals surface area contributed by atoms with E-state index in [1.165, 1.54) is 35.3 Å². The number of halogens is 3. The number of benzene rings is 1. The number of carboxylic acid groups (broad SMARTS) is 1. The SMILES string of the molecule is O=C(O)Cn1ccc(C(=O)Nc2ccn(Cc3cccc(C(F)(F)F)c3)n2)n1. The van der Waals surface area contributed by atoms with E-state index >= 15 is 0 Å². The summed E-state index contributed by atoms with van der Waals surface area (Å²) in [6.45, 7) is -0.286. The van der Waals surface area contributed by atoms with E-state index in [9.17, 15) is 22.8 Å². The maximum Gasteiger partial charge on any atom is 0.416 e. The van der Waals surface area contributed by atoms with Gasteiger partial charge in [0.25, 0.3) is 5.91 Å². The Labute approximate surface area is 156 Å². The Morgan fingerprint density at radius 3 is 2.54 bits per heavy atom. The van der Waals surface area contributed by atoms with E-state index in [-0.39, 0.29) is 24.6 Å². The summed E-state index contributed by atoms with van der Waals surface area (Å²) in [6, 6.07) is 7.73. The van der Waals surface area contributed by atoms with Crippen molar-refractivity contribution in [1.29, 1.82) is 0 Å². The fourth-order valence-electron chi connectivity index (χ4n) is 2.44. The molecule has 0 aliphatic carbocycles. The van der Waals surface area contributed by atoms with Gasteiger partial charge in [-0.25, -0.2) is 0 Å². The summed E-state index contributed by atoms with van der Waals surface area (Å²) in [6.07, 6.45) is -1.56. The monoisotopic (exact) mass is 393 g/mol. The highest BCUT2D eigenvalue weighted by atomic mass is 19.4. The molecule has 0 spiro atoms. The van der Waals surface area contributed by atoms with Crippen LogP contribution in [0.5, 0.6) is 0 Å². The third-order valence-electron chi connectivity index (χ3n) is 3.65. The zero-order valence-corrected chi connectivity index (χ0v) is 14.2. The van der Waals surface area contributed by atoms with E-state index < -0.39 is 23.6 Å². The van der Waals surface area contributed by atoms with Crippen molar-refractivity contribution in [3.05, 3.63) is 65.6 Å². The summed E-state index contributed by atoms with van der Waals surface area (Å²) in [5.41, 5.74) is -0.334. The molecule has 3 rings (SSSR count). The zero-order valence-electron chi connectivity index (χ0n) is 14.2. The van der Waals surface area contributed by atoms with E-state index in [4.69, 9.17) is 5.11 Å². The Hall–Kier alpha value is -3.63. The molecule has 0 atom stereocenters. The second-order valence-corrected chi connectivity index (χ2v) is 5.84. The molecule has 0 bridgehead atoms. The number of anilines is 1. The first-order valence-corrected chi connectivity index (χ1v) is 7.97. The van der Waals surface area contributed by atoms with Gasteiger partial charge < -0.3 is 10.4 Å². The molecule has 0 fully saturated rings. The van der Waals surface area contributed by atoms with Gasteiger partial charge in [-0.3, -0.25) is 19.0 Å². The second kappa shape index (κ2) is 7.55. The Morgan fingerprint density at radius 2 is 1.82 bits per heavy atom. The molecular weight excluding hydrogens is 379 g/mol. The van der Waals surface area contributed by atoms with Crippen LogP contribution in [0, 0.1) is 0 Å². The summed E-state index contributed by atoms with van der Waals surface area (Å²) < 4.78 is 40.8. The van der Waals surface area contributed by atoms with Gasteiger partial charge in [0.2, 0.25) is 0 Å². The number of carbonyl (C=O) groups excluding carboxylic acids is 1. The number of aromatic nitrogens is 4. The number of nitrogens with zero attached hydrogens (tertiary/aromatic N) is 4. The van der Waals surface area contributed by atoms with Gasteiger partial charge in [0.15, 0.2) is 11.5 Å². The van der Waals surface area contributed by atoms with Crippen LogP contribution >= 0.6 is 0 Å². The number of carbonyl (C=O) groups is 2. The first-order chi connectivity index (χ1) is 13.2. The maximum absolute atomic E-state index is 12.8. The van der Waals surface area contributed by atoms with Gasteiger partial charge in [-0.05, 0) is 23.8 Å². The largest absolute Gasteiger partial charge is 0.480 e. The second-order valence-electron chi connectivity index (χ2n) is 5.84. The molecule has 0 aliphatic heterocycles. The molecule has 8 nitrogen and oxygen atoms in total. The molecule has 2 aromatic heterocycles. The molecule has 0 saturated carbocycles. The summed E-state index contributed by atoms with van der Waals surface area (Å²) >= 11 is 0. The van der Waals surface area contributed by atoms with Crippen LogP contribution in [0.4, 0.5) is 19.0 Å². The quantitative estimate of drug-likeness (QED) is 0.670. The number of nitrogens with one attached hydrogen (secondary N) is 1. The number of carboxylic acids is 1. The van der Waals surface area contributed by atoms with Crippen molar-refractivity contribution in [2.45, 2.75) is 19.3 Å². The number of hydrogen-bond acceptors (Lipinski definition) is 4. The maximum atomic E-state index is 12.8. The molecule has 0 radical (unpaired) electrons. The molecule has 0 unspecified atom stereocenters. The molecular formula is C17H14F3N5O3. The van der Waals surface area contributed by atoms with E-state index in [2.05, 4.69) is 15.5 Å². The van der Waals surface area contributed by atoms with Crippen LogP contribution in [0.1, 0.15) is 21.6 Å². The lowest BCUT2D eigenvalue weighted by atomic mass is 10.1. The number of rotatable bonds is 6. The Kier molecular flexibility index (Phi) is 5.16. The highest BCUT2D eigenvalue weighted by Crippen LogP contribution is 2.29. The summed E-state index contributed by atoms with van der Waals surface area (Å²) in [4.78, 5) is 22.8. The summed E-state index contributed by atoms with van der Waals surface area (Å²) in [5, 5.41) is 19.1. The number of hydrogen-bond donors (Lipinski definition) is 2. The molecule has 3 aromatic rings.